The van der Waals surface area contributed by atoms with Crippen molar-refractivity contribution in [3.63, 3.8) is 0 Å². The summed E-state index contributed by atoms with van der Waals surface area (Å²) >= 11 is 3.24. The van der Waals surface area contributed by atoms with Gasteiger partial charge in [0, 0.05) is 10.7 Å². The Morgan fingerprint density at radius 1 is 1.53 bits per heavy atom. The molecule has 0 bridgehead atoms. The molecule has 0 spiro atoms. The molecule has 1 heterocycles. The summed E-state index contributed by atoms with van der Waals surface area (Å²) < 4.78 is 5.06. The van der Waals surface area contributed by atoms with Gasteiger partial charge in [-0.2, -0.15) is 0 Å². The minimum atomic E-state index is -0.945. The molecule has 0 unspecified atom stereocenters. The molecule has 1 aromatic heterocycles. The van der Waals surface area contributed by atoms with Crippen LogP contribution in [0.15, 0.2) is 16.7 Å². The molecule has 1 amide bonds. The Bertz CT molecular complexity index is 406. The minimum Gasteiger partial charge on any atom is -0.462 e. The molecule has 0 atom stereocenters. The lowest BCUT2D eigenvalue weighted by molar-refractivity contribution is -0.150. The van der Waals surface area contributed by atoms with E-state index < -0.39 is 11.9 Å². The van der Waals surface area contributed by atoms with Crippen LogP contribution in [-0.2, 0) is 14.3 Å². The number of methoxy groups -OCH3 is 1. The van der Waals surface area contributed by atoms with E-state index in [4.69, 9.17) is 0 Å². The number of esters is 1. The van der Waals surface area contributed by atoms with Gasteiger partial charge in [0.15, 0.2) is 0 Å². The third-order valence-corrected chi connectivity index (χ3v) is 2.08. The molecule has 6 heteroatoms. The summed E-state index contributed by atoms with van der Waals surface area (Å²) in [6.45, 7) is 1.77. The number of carbonyl (C=O) groups excluding carboxylic acids is 2. The normalized spacial score (nSPS) is 9.53. The summed E-state index contributed by atoms with van der Waals surface area (Å²) in [4.78, 5) is 25.9. The number of nitrogens with one attached hydrogen (secondary N) is 1. The number of hydrogen-bond acceptors (Lipinski definition) is 4. The number of nitrogens with zero attached hydrogens (tertiary/aromatic N) is 1. The van der Waals surface area contributed by atoms with Crippen molar-refractivity contribution in [3.05, 3.63) is 22.3 Å². The molecular formula is C9H9BrN2O3. The maximum Gasteiger partial charge on any atom is 0.396 e. The molecule has 0 aliphatic carbocycles. The topological polar surface area (TPSA) is 68.3 Å². The first-order chi connectivity index (χ1) is 7.04. The molecule has 0 aliphatic rings. The number of carbonyl (C=O) groups is 2. The lowest BCUT2D eigenvalue weighted by Crippen LogP contribution is -2.24. The van der Waals surface area contributed by atoms with E-state index in [0.717, 1.165) is 17.1 Å². The van der Waals surface area contributed by atoms with E-state index in [2.05, 4.69) is 31.0 Å². The summed E-state index contributed by atoms with van der Waals surface area (Å²) in [7, 11) is 1.14. The summed E-state index contributed by atoms with van der Waals surface area (Å²) in [6, 6.07) is 1.78. The van der Waals surface area contributed by atoms with Gasteiger partial charge in [-0.1, -0.05) is 0 Å². The van der Waals surface area contributed by atoms with Crippen LogP contribution < -0.4 is 5.32 Å². The summed E-state index contributed by atoms with van der Waals surface area (Å²) in [5.41, 5.74) is 0.752. The molecule has 0 radical (unpaired) electrons. The van der Waals surface area contributed by atoms with Crippen molar-refractivity contribution in [2.75, 3.05) is 12.4 Å². The van der Waals surface area contributed by atoms with Crippen LogP contribution in [0.5, 0.6) is 0 Å². The third-order valence-electron chi connectivity index (χ3n) is 1.65. The van der Waals surface area contributed by atoms with Gasteiger partial charge in [0.1, 0.15) is 5.82 Å². The van der Waals surface area contributed by atoms with Crippen LogP contribution in [0.2, 0.25) is 0 Å². The maximum absolute atomic E-state index is 11.1. The maximum atomic E-state index is 11.1. The average Bonchev–Trinajstić information content (AvgIpc) is 2.20. The number of anilines is 1. The second-order valence-corrected chi connectivity index (χ2v) is 3.68. The van der Waals surface area contributed by atoms with Crippen molar-refractivity contribution in [2.24, 2.45) is 0 Å². The van der Waals surface area contributed by atoms with E-state index >= 15 is 0 Å². The predicted molar refractivity (Wildman–Crippen MR) is 57.3 cm³/mol. The van der Waals surface area contributed by atoms with E-state index in [9.17, 15) is 9.59 Å². The Balaban J connectivity index is 2.81. The molecule has 0 fully saturated rings. The van der Waals surface area contributed by atoms with Crippen LogP contribution in [0.1, 0.15) is 5.56 Å². The van der Waals surface area contributed by atoms with Gasteiger partial charge in [0.05, 0.1) is 7.11 Å². The Morgan fingerprint density at radius 3 is 2.73 bits per heavy atom. The van der Waals surface area contributed by atoms with Gasteiger partial charge in [-0.15, -0.1) is 0 Å². The van der Waals surface area contributed by atoms with Crippen molar-refractivity contribution in [3.8, 4) is 0 Å². The van der Waals surface area contributed by atoms with Crippen molar-refractivity contribution in [1.82, 2.24) is 4.98 Å². The fourth-order valence-corrected chi connectivity index (χ4v) is 1.37. The Kier molecular flexibility index (Phi) is 3.79. The van der Waals surface area contributed by atoms with Crippen LogP contribution in [0, 0.1) is 6.92 Å². The molecule has 0 saturated heterocycles. The number of aryl methyl sites for hydroxylation is 1. The zero-order valence-corrected chi connectivity index (χ0v) is 9.79. The molecule has 0 aliphatic heterocycles. The van der Waals surface area contributed by atoms with E-state index in [1.165, 1.54) is 6.20 Å². The summed E-state index contributed by atoms with van der Waals surface area (Å²) in [5.74, 6) is -1.44. The van der Waals surface area contributed by atoms with Crippen LogP contribution in [0.4, 0.5) is 5.82 Å². The highest BCUT2D eigenvalue weighted by Crippen LogP contribution is 2.16. The first-order valence-corrected chi connectivity index (χ1v) is 4.85. The van der Waals surface area contributed by atoms with E-state index in [1.807, 2.05) is 0 Å². The quantitative estimate of drug-likeness (QED) is 0.618. The molecular weight excluding hydrogens is 264 g/mol. The van der Waals surface area contributed by atoms with E-state index in [1.54, 1.807) is 13.0 Å². The molecule has 15 heavy (non-hydrogen) atoms. The second kappa shape index (κ2) is 4.88. The van der Waals surface area contributed by atoms with Crippen molar-refractivity contribution in [2.45, 2.75) is 6.92 Å². The summed E-state index contributed by atoms with van der Waals surface area (Å²) in [5, 5.41) is 2.34. The zero-order chi connectivity index (χ0) is 11.4. The average molecular weight is 273 g/mol. The van der Waals surface area contributed by atoms with Gasteiger partial charge in [-0.3, -0.25) is 4.79 Å². The van der Waals surface area contributed by atoms with Crippen LogP contribution in [0.25, 0.3) is 0 Å². The van der Waals surface area contributed by atoms with Gasteiger partial charge >= 0.3 is 11.9 Å². The monoisotopic (exact) mass is 272 g/mol. The third kappa shape index (κ3) is 3.02. The van der Waals surface area contributed by atoms with Gasteiger partial charge in [0.2, 0.25) is 0 Å². The Morgan fingerprint density at radius 2 is 2.20 bits per heavy atom. The molecule has 0 aromatic carbocycles. The predicted octanol–water partition coefficient (Wildman–Crippen LogP) is 1.26. The largest absolute Gasteiger partial charge is 0.462 e. The van der Waals surface area contributed by atoms with Gasteiger partial charge in [-0.25, -0.2) is 9.78 Å². The molecule has 1 rings (SSSR count). The van der Waals surface area contributed by atoms with Crippen LogP contribution >= 0.6 is 15.9 Å². The molecule has 5 nitrogen and oxygen atoms in total. The number of rotatable bonds is 1. The van der Waals surface area contributed by atoms with Crippen molar-refractivity contribution >= 4 is 33.6 Å². The highest BCUT2D eigenvalue weighted by molar-refractivity contribution is 9.10. The van der Waals surface area contributed by atoms with Crippen LogP contribution in [0.3, 0.4) is 0 Å². The fourth-order valence-electron chi connectivity index (χ4n) is 0.923. The standard InChI is InChI=1S/C9H9BrN2O3/c1-5-3-6(10)4-11-7(5)12-8(13)9(14)15-2/h3-4H,1-2H3,(H,11,12,13). The second-order valence-electron chi connectivity index (χ2n) is 2.76. The number of amides is 1. The Hall–Kier alpha value is -1.43. The van der Waals surface area contributed by atoms with Crippen molar-refractivity contribution < 1.29 is 14.3 Å². The zero-order valence-electron chi connectivity index (χ0n) is 8.20. The van der Waals surface area contributed by atoms with Gasteiger partial charge in [0.25, 0.3) is 0 Å². The number of aromatic nitrogens is 1. The summed E-state index contributed by atoms with van der Waals surface area (Å²) in [6.07, 6.45) is 1.53. The molecule has 0 saturated carbocycles. The SMILES string of the molecule is COC(=O)C(=O)Nc1ncc(Br)cc1C. The lowest BCUT2D eigenvalue weighted by Gasteiger charge is -2.05. The van der Waals surface area contributed by atoms with Gasteiger partial charge in [-0.05, 0) is 34.5 Å². The number of pyridine rings is 1. The van der Waals surface area contributed by atoms with Crippen LogP contribution in [-0.4, -0.2) is 24.0 Å². The first-order valence-electron chi connectivity index (χ1n) is 4.06. The highest BCUT2D eigenvalue weighted by atomic mass is 79.9. The Labute approximate surface area is 95.0 Å². The number of hydrogen-bond donors (Lipinski definition) is 1. The first kappa shape index (κ1) is 11.6. The molecule has 1 N–H and O–H groups in total. The minimum absolute atomic E-state index is 0.341. The molecule has 80 valence electrons. The number of ether oxygens (including phenoxy) is 1. The highest BCUT2D eigenvalue weighted by Gasteiger charge is 2.15. The smallest absolute Gasteiger partial charge is 0.396 e. The lowest BCUT2D eigenvalue weighted by atomic mass is 10.3. The van der Waals surface area contributed by atoms with E-state index in [0.29, 0.717) is 5.82 Å². The molecule has 1 aromatic rings. The van der Waals surface area contributed by atoms with Crippen molar-refractivity contribution in [1.29, 1.82) is 0 Å². The number of halogens is 1. The van der Waals surface area contributed by atoms with Gasteiger partial charge < -0.3 is 10.1 Å². The van der Waals surface area contributed by atoms with E-state index in [-0.39, 0.29) is 0 Å². The fraction of sp³-hybridized carbons (Fsp3) is 0.222.